The predicted molar refractivity (Wildman–Crippen MR) is 107 cm³/mol. The Bertz CT molecular complexity index is 1120. The smallest absolute Gasteiger partial charge is 0.270 e. The molecule has 1 unspecified atom stereocenters. The monoisotopic (exact) mass is 379 g/mol. The summed E-state index contributed by atoms with van der Waals surface area (Å²) in [6.45, 7) is 1.79. The number of nitro benzene ring substituents is 1. The lowest BCUT2D eigenvalue weighted by molar-refractivity contribution is -0.384. The molecule has 2 aromatic carbocycles. The number of non-ortho nitro benzene ring substituents is 1. The fourth-order valence-electron chi connectivity index (χ4n) is 3.69. The maximum absolute atomic E-state index is 11.0. The van der Waals surface area contributed by atoms with Crippen molar-refractivity contribution in [2.24, 2.45) is 0 Å². The largest absolute Gasteiger partial charge is 0.347 e. The number of aromatic amines is 1. The Morgan fingerprint density at radius 2 is 2.07 bits per heavy atom. The van der Waals surface area contributed by atoms with Gasteiger partial charge >= 0.3 is 0 Å². The topological polar surface area (TPSA) is 87.9 Å². The minimum Gasteiger partial charge on any atom is -0.347 e. The molecule has 1 aliphatic rings. The molecule has 8 heteroatoms. The van der Waals surface area contributed by atoms with Crippen LogP contribution in [0, 0.1) is 10.1 Å². The zero-order valence-corrected chi connectivity index (χ0v) is 15.3. The van der Waals surface area contributed by atoms with E-state index in [0.29, 0.717) is 5.92 Å². The van der Waals surface area contributed by atoms with E-state index >= 15 is 0 Å². The fraction of sp³-hybridized carbons (Fsp3) is 0.263. The Labute approximate surface area is 158 Å². The normalized spacial score (nSPS) is 17.6. The summed E-state index contributed by atoms with van der Waals surface area (Å²) in [5.41, 5.74) is 2.98. The number of benzene rings is 2. The van der Waals surface area contributed by atoms with Crippen LogP contribution in [0.15, 0.2) is 42.5 Å². The number of thiazole rings is 1. The second kappa shape index (κ2) is 6.31. The summed E-state index contributed by atoms with van der Waals surface area (Å²) in [7, 11) is 0. The van der Waals surface area contributed by atoms with Crippen LogP contribution in [0.5, 0.6) is 0 Å². The minimum absolute atomic E-state index is 0.108. The van der Waals surface area contributed by atoms with Gasteiger partial charge in [-0.25, -0.2) is 9.97 Å². The van der Waals surface area contributed by atoms with E-state index in [1.807, 2.05) is 24.3 Å². The van der Waals surface area contributed by atoms with E-state index < -0.39 is 0 Å². The molecule has 2 aromatic heterocycles. The summed E-state index contributed by atoms with van der Waals surface area (Å²) < 4.78 is 0.852. The van der Waals surface area contributed by atoms with Crippen molar-refractivity contribution >= 4 is 43.4 Å². The molecular weight excluding hydrogens is 362 g/mol. The zero-order valence-electron chi connectivity index (χ0n) is 14.5. The number of para-hydroxylation sites is 2. The molecule has 27 heavy (non-hydrogen) atoms. The Morgan fingerprint density at radius 3 is 2.93 bits per heavy atom. The van der Waals surface area contributed by atoms with Gasteiger partial charge in [-0.3, -0.25) is 10.1 Å². The van der Waals surface area contributed by atoms with Crippen LogP contribution in [-0.4, -0.2) is 33.0 Å². The van der Waals surface area contributed by atoms with E-state index in [4.69, 9.17) is 9.97 Å². The third-order valence-electron chi connectivity index (χ3n) is 5.06. The summed E-state index contributed by atoms with van der Waals surface area (Å²) >= 11 is 1.52. The van der Waals surface area contributed by atoms with Crippen molar-refractivity contribution in [2.45, 2.75) is 18.8 Å². The third kappa shape index (κ3) is 2.91. The van der Waals surface area contributed by atoms with E-state index in [-0.39, 0.29) is 10.6 Å². The van der Waals surface area contributed by atoms with Crippen molar-refractivity contribution in [3.63, 3.8) is 0 Å². The van der Waals surface area contributed by atoms with Crippen molar-refractivity contribution in [3.8, 4) is 0 Å². The molecule has 0 spiro atoms. The molecule has 0 amide bonds. The SMILES string of the molecule is O=[N+]([O-])c1ccc2nc(N3CCCC(c4nc5ccccc5[nH]4)C3)sc2c1. The Hall–Kier alpha value is -3.00. The molecule has 1 atom stereocenters. The average molecular weight is 379 g/mol. The van der Waals surface area contributed by atoms with Crippen LogP contribution < -0.4 is 4.90 Å². The Morgan fingerprint density at radius 1 is 1.19 bits per heavy atom. The number of aromatic nitrogens is 3. The molecule has 1 aliphatic heterocycles. The van der Waals surface area contributed by atoms with Crippen molar-refractivity contribution in [1.29, 1.82) is 0 Å². The molecule has 1 fully saturated rings. The summed E-state index contributed by atoms with van der Waals surface area (Å²) in [4.78, 5) is 25.8. The Balaban J connectivity index is 1.43. The first kappa shape index (κ1) is 16.2. The minimum atomic E-state index is -0.364. The molecule has 4 aromatic rings. The summed E-state index contributed by atoms with van der Waals surface area (Å²) in [5, 5.41) is 11.9. The number of fused-ring (bicyclic) bond motifs is 2. The lowest BCUT2D eigenvalue weighted by Crippen LogP contribution is -2.34. The van der Waals surface area contributed by atoms with Crippen LogP contribution in [0.2, 0.25) is 0 Å². The van der Waals surface area contributed by atoms with E-state index in [9.17, 15) is 10.1 Å². The highest BCUT2D eigenvalue weighted by Gasteiger charge is 2.26. The summed E-state index contributed by atoms with van der Waals surface area (Å²) in [6, 6.07) is 12.9. The van der Waals surface area contributed by atoms with Gasteiger partial charge in [-0.15, -0.1) is 0 Å². The number of hydrogen-bond acceptors (Lipinski definition) is 6. The van der Waals surface area contributed by atoms with E-state index in [1.54, 1.807) is 12.1 Å². The molecule has 3 heterocycles. The van der Waals surface area contributed by atoms with Crippen molar-refractivity contribution < 1.29 is 4.92 Å². The highest BCUT2D eigenvalue weighted by molar-refractivity contribution is 7.22. The third-order valence-corrected chi connectivity index (χ3v) is 6.14. The molecular formula is C19H17N5O2S. The lowest BCUT2D eigenvalue weighted by Gasteiger charge is -2.31. The first-order chi connectivity index (χ1) is 13.2. The van der Waals surface area contributed by atoms with Gasteiger partial charge in [0, 0.05) is 31.1 Å². The summed E-state index contributed by atoms with van der Waals surface area (Å²) in [5.74, 6) is 1.35. The molecule has 0 bridgehead atoms. The Kier molecular flexibility index (Phi) is 3.78. The standard InChI is InChI=1S/C19H17N5O2S/c25-24(26)13-7-8-16-17(10-13)27-19(22-16)23-9-3-4-12(11-23)18-20-14-5-1-2-6-15(14)21-18/h1-2,5-8,10,12H,3-4,9,11H2,(H,20,21). The van der Waals surface area contributed by atoms with Crippen LogP contribution in [0.1, 0.15) is 24.6 Å². The average Bonchev–Trinajstić information content (AvgIpc) is 3.31. The summed E-state index contributed by atoms with van der Waals surface area (Å²) in [6.07, 6.45) is 2.16. The molecule has 7 nitrogen and oxygen atoms in total. The van der Waals surface area contributed by atoms with Gasteiger partial charge in [0.2, 0.25) is 0 Å². The number of nitrogens with one attached hydrogen (secondary N) is 1. The van der Waals surface area contributed by atoms with Crippen LogP contribution in [0.25, 0.3) is 21.3 Å². The molecule has 0 radical (unpaired) electrons. The van der Waals surface area contributed by atoms with Gasteiger partial charge in [0.15, 0.2) is 5.13 Å². The molecule has 5 rings (SSSR count). The van der Waals surface area contributed by atoms with Crippen LogP contribution >= 0.6 is 11.3 Å². The number of imidazole rings is 1. The van der Waals surface area contributed by atoms with Gasteiger partial charge in [0.1, 0.15) is 5.82 Å². The van der Waals surface area contributed by atoms with Gasteiger partial charge < -0.3 is 9.88 Å². The van der Waals surface area contributed by atoms with E-state index in [2.05, 4.69) is 9.88 Å². The maximum atomic E-state index is 11.0. The second-order valence-corrected chi connectivity index (χ2v) is 7.84. The van der Waals surface area contributed by atoms with Gasteiger partial charge in [-0.05, 0) is 31.0 Å². The van der Waals surface area contributed by atoms with Crippen LogP contribution in [-0.2, 0) is 0 Å². The molecule has 0 saturated carbocycles. The number of nitro groups is 1. The van der Waals surface area contributed by atoms with Crippen molar-refractivity contribution in [3.05, 3.63) is 58.4 Å². The second-order valence-electron chi connectivity index (χ2n) is 6.83. The highest BCUT2D eigenvalue weighted by Crippen LogP contribution is 2.35. The van der Waals surface area contributed by atoms with E-state index in [1.165, 1.54) is 17.4 Å². The number of hydrogen-bond donors (Lipinski definition) is 1. The van der Waals surface area contributed by atoms with Crippen molar-refractivity contribution in [1.82, 2.24) is 15.0 Å². The van der Waals surface area contributed by atoms with Crippen molar-refractivity contribution in [2.75, 3.05) is 18.0 Å². The predicted octanol–water partition coefficient (Wildman–Crippen LogP) is 4.46. The van der Waals surface area contributed by atoms with Gasteiger partial charge in [0.25, 0.3) is 5.69 Å². The highest BCUT2D eigenvalue weighted by atomic mass is 32.1. The molecule has 136 valence electrons. The number of H-pyrrole nitrogens is 1. The fourth-order valence-corrected chi connectivity index (χ4v) is 4.72. The lowest BCUT2D eigenvalue weighted by atomic mass is 9.98. The van der Waals surface area contributed by atoms with Gasteiger partial charge in [-0.1, -0.05) is 23.5 Å². The number of nitrogens with zero attached hydrogens (tertiary/aromatic N) is 4. The van der Waals surface area contributed by atoms with Gasteiger partial charge in [0.05, 0.1) is 26.2 Å². The van der Waals surface area contributed by atoms with Crippen LogP contribution in [0.4, 0.5) is 10.8 Å². The number of piperidine rings is 1. The van der Waals surface area contributed by atoms with E-state index in [0.717, 1.165) is 58.1 Å². The number of anilines is 1. The number of rotatable bonds is 3. The molecule has 1 N–H and O–H groups in total. The maximum Gasteiger partial charge on any atom is 0.270 e. The van der Waals surface area contributed by atoms with Gasteiger partial charge in [-0.2, -0.15) is 0 Å². The van der Waals surface area contributed by atoms with Crippen LogP contribution in [0.3, 0.4) is 0 Å². The zero-order chi connectivity index (χ0) is 18.4. The quantitative estimate of drug-likeness (QED) is 0.419. The first-order valence-corrected chi connectivity index (χ1v) is 9.73. The molecule has 0 aliphatic carbocycles. The molecule has 1 saturated heterocycles. The first-order valence-electron chi connectivity index (χ1n) is 8.92.